The Morgan fingerprint density at radius 2 is 2.04 bits per heavy atom. The molecule has 1 aliphatic heterocycles. The number of benzene rings is 1. The van der Waals surface area contributed by atoms with Gasteiger partial charge in [0.2, 0.25) is 11.8 Å². The molecule has 2 aromatic rings. The Hall–Kier alpha value is -2.37. The summed E-state index contributed by atoms with van der Waals surface area (Å²) >= 11 is 0. The van der Waals surface area contributed by atoms with E-state index >= 15 is 0 Å². The van der Waals surface area contributed by atoms with Gasteiger partial charge in [0.05, 0.1) is 7.11 Å². The highest BCUT2D eigenvalue weighted by Crippen LogP contribution is 2.29. The van der Waals surface area contributed by atoms with Crippen molar-refractivity contribution in [3.8, 4) is 5.75 Å². The van der Waals surface area contributed by atoms with E-state index in [2.05, 4.69) is 10.2 Å². The first-order valence-corrected chi connectivity index (χ1v) is 8.35. The van der Waals surface area contributed by atoms with Crippen LogP contribution in [0.15, 0.2) is 28.7 Å². The van der Waals surface area contributed by atoms with Gasteiger partial charge in [0, 0.05) is 30.5 Å². The summed E-state index contributed by atoms with van der Waals surface area (Å²) in [6.07, 6.45) is 1.69. The van der Waals surface area contributed by atoms with Crippen molar-refractivity contribution in [2.45, 2.75) is 38.5 Å². The number of hydrogen-bond donors (Lipinski definition) is 0. The molecule has 1 saturated heterocycles. The Morgan fingerprint density at radius 3 is 2.67 bits per heavy atom. The number of ether oxygens (including phenoxy) is 1. The minimum Gasteiger partial charge on any atom is -0.497 e. The lowest BCUT2D eigenvalue weighted by molar-refractivity contribution is 0.0705. The molecule has 1 aromatic heterocycles. The molecule has 0 unspecified atom stereocenters. The first kappa shape index (κ1) is 16.5. The zero-order chi connectivity index (χ0) is 17.1. The van der Waals surface area contributed by atoms with Crippen molar-refractivity contribution in [1.82, 2.24) is 15.1 Å². The summed E-state index contributed by atoms with van der Waals surface area (Å²) in [6.45, 7) is 5.46. The molecule has 2 heterocycles. The van der Waals surface area contributed by atoms with Crippen LogP contribution in [0.4, 0.5) is 0 Å². The third-order valence-electron chi connectivity index (χ3n) is 4.40. The molecule has 1 aromatic carbocycles. The molecule has 128 valence electrons. The lowest BCUT2D eigenvalue weighted by Crippen LogP contribution is -2.38. The fourth-order valence-electron chi connectivity index (χ4n) is 2.91. The molecule has 1 amide bonds. The molecule has 0 aliphatic carbocycles. The average molecular weight is 329 g/mol. The molecule has 0 atom stereocenters. The minimum absolute atomic E-state index is 0.0424. The number of piperidine rings is 1. The summed E-state index contributed by atoms with van der Waals surface area (Å²) in [6, 6.07) is 7.28. The maximum absolute atomic E-state index is 12.6. The molecule has 0 spiro atoms. The van der Waals surface area contributed by atoms with Gasteiger partial charge in [0.15, 0.2) is 0 Å². The number of likely N-dealkylation sites (tertiary alicyclic amines) is 1. The monoisotopic (exact) mass is 329 g/mol. The van der Waals surface area contributed by atoms with Crippen LogP contribution in [0.1, 0.15) is 60.7 Å². The maximum Gasteiger partial charge on any atom is 0.253 e. The Morgan fingerprint density at radius 1 is 1.29 bits per heavy atom. The highest BCUT2D eigenvalue weighted by molar-refractivity contribution is 5.94. The van der Waals surface area contributed by atoms with Gasteiger partial charge in [-0.25, -0.2) is 0 Å². The van der Waals surface area contributed by atoms with E-state index in [1.54, 1.807) is 13.2 Å². The van der Waals surface area contributed by atoms with Crippen LogP contribution in [-0.2, 0) is 0 Å². The summed E-state index contributed by atoms with van der Waals surface area (Å²) in [5.74, 6) is 2.59. The molecule has 0 radical (unpaired) electrons. The van der Waals surface area contributed by atoms with Gasteiger partial charge in [-0.3, -0.25) is 4.79 Å². The second kappa shape index (κ2) is 7.03. The van der Waals surface area contributed by atoms with E-state index in [1.165, 1.54) is 0 Å². The summed E-state index contributed by atoms with van der Waals surface area (Å²) in [7, 11) is 1.60. The van der Waals surface area contributed by atoms with E-state index in [-0.39, 0.29) is 17.7 Å². The number of carbonyl (C=O) groups is 1. The summed E-state index contributed by atoms with van der Waals surface area (Å²) < 4.78 is 10.9. The molecular formula is C18H23N3O3. The normalized spacial score (nSPS) is 15.8. The zero-order valence-electron chi connectivity index (χ0n) is 14.4. The van der Waals surface area contributed by atoms with Crippen LogP contribution in [0.5, 0.6) is 5.75 Å². The van der Waals surface area contributed by atoms with Crippen molar-refractivity contribution in [3.63, 3.8) is 0 Å². The smallest absolute Gasteiger partial charge is 0.253 e. The third kappa shape index (κ3) is 3.42. The van der Waals surface area contributed by atoms with Gasteiger partial charge >= 0.3 is 0 Å². The van der Waals surface area contributed by atoms with Crippen LogP contribution in [0.3, 0.4) is 0 Å². The van der Waals surface area contributed by atoms with Gasteiger partial charge in [-0.05, 0) is 31.0 Å². The van der Waals surface area contributed by atoms with Crippen molar-refractivity contribution < 1.29 is 13.9 Å². The predicted octanol–water partition coefficient (Wildman–Crippen LogP) is 3.22. The van der Waals surface area contributed by atoms with Crippen molar-refractivity contribution in [2.75, 3.05) is 20.2 Å². The minimum atomic E-state index is 0.0424. The SMILES string of the molecule is COc1cccc(C(=O)N2CCC(c3nnc(C(C)C)o3)CC2)c1. The fourth-order valence-corrected chi connectivity index (χ4v) is 2.91. The lowest BCUT2D eigenvalue weighted by atomic mass is 9.96. The highest BCUT2D eigenvalue weighted by Gasteiger charge is 2.28. The van der Waals surface area contributed by atoms with E-state index in [1.807, 2.05) is 36.9 Å². The molecule has 0 N–H and O–H groups in total. The van der Waals surface area contributed by atoms with Crippen LogP contribution >= 0.6 is 0 Å². The lowest BCUT2D eigenvalue weighted by Gasteiger charge is -2.30. The number of aromatic nitrogens is 2. The molecule has 0 saturated carbocycles. The van der Waals surface area contributed by atoms with Gasteiger partial charge in [-0.1, -0.05) is 19.9 Å². The van der Waals surface area contributed by atoms with Gasteiger partial charge < -0.3 is 14.1 Å². The summed E-state index contributed by atoms with van der Waals surface area (Å²) in [4.78, 5) is 14.5. The molecule has 1 aliphatic rings. The van der Waals surface area contributed by atoms with Crippen molar-refractivity contribution >= 4 is 5.91 Å². The Kier molecular flexibility index (Phi) is 4.83. The largest absolute Gasteiger partial charge is 0.497 e. The van der Waals surface area contributed by atoms with E-state index in [4.69, 9.17) is 9.15 Å². The van der Waals surface area contributed by atoms with Crippen molar-refractivity contribution in [3.05, 3.63) is 41.6 Å². The molecule has 6 heteroatoms. The van der Waals surface area contributed by atoms with Gasteiger partial charge in [-0.15, -0.1) is 10.2 Å². The number of nitrogens with zero attached hydrogens (tertiary/aromatic N) is 3. The van der Waals surface area contributed by atoms with Gasteiger partial charge in [0.1, 0.15) is 5.75 Å². The van der Waals surface area contributed by atoms with Crippen LogP contribution in [-0.4, -0.2) is 41.2 Å². The van der Waals surface area contributed by atoms with Gasteiger partial charge in [-0.2, -0.15) is 0 Å². The standard InChI is InChI=1S/C18H23N3O3/c1-12(2)16-19-20-17(24-16)13-7-9-21(10-8-13)18(22)14-5-4-6-15(11-14)23-3/h4-6,11-13H,7-10H2,1-3H3. The van der Waals surface area contributed by atoms with Crippen LogP contribution < -0.4 is 4.74 Å². The molecule has 24 heavy (non-hydrogen) atoms. The summed E-state index contributed by atoms with van der Waals surface area (Å²) in [5.41, 5.74) is 0.660. The van der Waals surface area contributed by atoms with E-state index < -0.39 is 0 Å². The second-order valence-corrected chi connectivity index (χ2v) is 6.43. The maximum atomic E-state index is 12.6. The van der Waals surface area contributed by atoms with Crippen LogP contribution in [0, 0.1) is 0 Å². The second-order valence-electron chi connectivity index (χ2n) is 6.43. The average Bonchev–Trinajstić information content (AvgIpc) is 3.12. The first-order valence-electron chi connectivity index (χ1n) is 8.35. The van der Waals surface area contributed by atoms with Crippen LogP contribution in [0.25, 0.3) is 0 Å². The Labute approximate surface area is 141 Å². The molecule has 3 rings (SSSR count). The van der Waals surface area contributed by atoms with E-state index in [0.29, 0.717) is 36.2 Å². The molecular weight excluding hydrogens is 306 g/mol. The number of amides is 1. The quantitative estimate of drug-likeness (QED) is 0.861. The Bertz CT molecular complexity index is 703. The van der Waals surface area contributed by atoms with Gasteiger partial charge in [0.25, 0.3) is 5.91 Å². The molecule has 1 fully saturated rings. The molecule has 6 nitrogen and oxygen atoms in total. The third-order valence-corrected chi connectivity index (χ3v) is 4.40. The Balaban J connectivity index is 1.62. The fraction of sp³-hybridized carbons (Fsp3) is 0.500. The highest BCUT2D eigenvalue weighted by atomic mass is 16.5. The van der Waals surface area contributed by atoms with Crippen LogP contribution in [0.2, 0.25) is 0 Å². The van der Waals surface area contributed by atoms with E-state index in [9.17, 15) is 4.79 Å². The van der Waals surface area contributed by atoms with Crippen molar-refractivity contribution in [1.29, 1.82) is 0 Å². The van der Waals surface area contributed by atoms with Crippen molar-refractivity contribution in [2.24, 2.45) is 0 Å². The number of methoxy groups -OCH3 is 1. The number of hydrogen-bond acceptors (Lipinski definition) is 5. The predicted molar refractivity (Wildman–Crippen MR) is 89.3 cm³/mol. The summed E-state index contributed by atoms with van der Waals surface area (Å²) in [5, 5.41) is 8.28. The van der Waals surface area contributed by atoms with E-state index in [0.717, 1.165) is 12.8 Å². The number of rotatable bonds is 4. The zero-order valence-corrected chi connectivity index (χ0v) is 14.4. The topological polar surface area (TPSA) is 68.5 Å². The molecule has 0 bridgehead atoms. The number of carbonyl (C=O) groups excluding carboxylic acids is 1. The first-order chi connectivity index (χ1) is 11.6.